The summed E-state index contributed by atoms with van der Waals surface area (Å²) in [7, 11) is 0. The van der Waals surface area contributed by atoms with Crippen LogP contribution in [0.2, 0.25) is 0 Å². The number of para-hydroxylation sites is 1. The van der Waals surface area contributed by atoms with Gasteiger partial charge in [0.2, 0.25) is 0 Å². The molecule has 138 valence electrons. The maximum absolute atomic E-state index is 12.2. The van der Waals surface area contributed by atoms with Crippen LogP contribution in [0.3, 0.4) is 0 Å². The van der Waals surface area contributed by atoms with E-state index in [1.165, 1.54) is 11.8 Å². The maximum Gasteiger partial charge on any atom is 0.263 e. The maximum atomic E-state index is 12.2. The van der Waals surface area contributed by atoms with E-state index in [1.807, 2.05) is 43.3 Å². The summed E-state index contributed by atoms with van der Waals surface area (Å²) < 4.78 is 6.94. The molecule has 0 unspecified atom stereocenters. The van der Waals surface area contributed by atoms with Gasteiger partial charge in [-0.15, -0.1) is 0 Å². The Hall–Kier alpha value is -2.16. The number of amides is 2. The number of benzene rings is 2. The van der Waals surface area contributed by atoms with Crippen LogP contribution in [0.1, 0.15) is 11.1 Å². The second-order valence-electron chi connectivity index (χ2n) is 5.69. The van der Waals surface area contributed by atoms with Gasteiger partial charge in [-0.3, -0.25) is 9.59 Å². The van der Waals surface area contributed by atoms with E-state index in [4.69, 9.17) is 17.0 Å². The molecule has 2 amide bonds. The predicted octanol–water partition coefficient (Wildman–Crippen LogP) is 4.26. The van der Waals surface area contributed by atoms with E-state index in [0.29, 0.717) is 20.5 Å². The normalized spacial score (nSPS) is 15.0. The zero-order chi connectivity index (χ0) is 19.4. The molecule has 0 atom stereocenters. The van der Waals surface area contributed by atoms with E-state index in [9.17, 15) is 9.59 Å². The molecule has 0 aromatic heterocycles. The van der Waals surface area contributed by atoms with Gasteiger partial charge in [-0.05, 0) is 42.8 Å². The molecule has 0 spiro atoms. The largest absolute Gasteiger partial charge is 0.483 e. The van der Waals surface area contributed by atoms with Crippen molar-refractivity contribution in [1.82, 2.24) is 5.32 Å². The minimum atomic E-state index is -0.264. The summed E-state index contributed by atoms with van der Waals surface area (Å²) >= 11 is 9.60. The average molecular weight is 463 g/mol. The Labute approximate surface area is 174 Å². The number of halogens is 1. The van der Waals surface area contributed by atoms with Crippen molar-refractivity contribution in [2.75, 3.05) is 11.9 Å². The molecule has 0 bridgehead atoms. The lowest BCUT2D eigenvalue weighted by Crippen LogP contribution is -2.21. The van der Waals surface area contributed by atoms with Crippen LogP contribution in [-0.2, 0) is 9.59 Å². The van der Waals surface area contributed by atoms with E-state index in [2.05, 4.69) is 26.6 Å². The zero-order valence-corrected chi connectivity index (χ0v) is 17.5. The van der Waals surface area contributed by atoms with Crippen molar-refractivity contribution >= 4 is 67.8 Å². The van der Waals surface area contributed by atoms with Gasteiger partial charge in [-0.25, -0.2) is 0 Å². The van der Waals surface area contributed by atoms with Crippen LogP contribution < -0.4 is 15.4 Å². The first-order valence-corrected chi connectivity index (χ1v) is 9.97. The minimum absolute atomic E-state index is 0.149. The van der Waals surface area contributed by atoms with Crippen molar-refractivity contribution in [2.24, 2.45) is 0 Å². The summed E-state index contributed by atoms with van der Waals surface area (Å²) in [5.41, 5.74) is 2.40. The number of rotatable bonds is 5. The van der Waals surface area contributed by atoms with Crippen LogP contribution in [0.5, 0.6) is 5.75 Å². The van der Waals surface area contributed by atoms with Crippen molar-refractivity contribution in [2.45, 2.75) is 6.92 Å². The lowest BCUT2D eigenvalue weighted by molar-refractivity contribution is -0.118. The highest BCUT2D eigenvalue weighted by Gasteiger charge is 2.22. The van der Waals surface area contributed by atoms with Gasteiger partial charge in [-0.1, -0.05) is 58.1 Å². The van der Waals surface area contributed by atoms with Crippen molar-refractivity contribution in [3.05, 3.63) is 63.0 Å². The molecule has 2 aromatic carbocycles. The molecule has 0 radical (unpaired) electrons. The topological polar surface area (TPSA) is 67.4 Å². The van der Waals surface area contributed by atoms with Crippen LogP contribution in [0.25, 0.3) is 6.08 Å². The number of anilines is 1. The summed E-state index contributed by atoms with van der Waals surface area (Å²) in [6.45, 7) is 1.77. The Kier molecular flexibility index (Phi) is 6.30. The lowest BCUT2D eigenvalue weighted by atomic mass is 10.2. The molecule has 1 heterocycles. The summed E-state index contributed by atoms with van der Waals surface area (Å²) in [6, 6.07) is 12.9. The third-order valence-electron chi connectivity index (χ3n) is 3.68. The Morgan fingerprint density at radius 2 is 2.11 bits per heavy atom. The number of aryl methyl sites for hydroxylation is 1. The van der Waals surface area contributed by atoms with Gasteiger partial charge < -0.3 is 15.4 Å². The molecule has 8 heteroatoms. The number of carbonyl (C=O) groups is 2. The number of carbonyl (C=O) groups excluding carboxylic acids is 2. The number of nitrogens with one attached hydrogen (secondary N) is 2. The smallest absolute Gasteiger partial charge is 0.263 e. The van der Waals surface area contributed by atoms with Crippen LogP contribution in [-0.4, -0.2) is 22.7 Å². The Bertz CT molecular complexity index is 960. The van der Waals surface area contributed by atoms with Gasteiger partial charge in [0.25, 0.3) is 11.8 Å². The van der Waals surface area contributed by atoms with Gasteiger partial charge >= 0.3 is 0 Å². The number of hydrogen-bond donors (Lipinski definition) is 2. The molecule has 1 aliphatic rings. The average Bonchev–Trinajstić information content (AvgIpc) is 2.93. The van der Waals surface area contributed by atoms with Crippen molar-refractivity contribution in [3.63, 3.8) is 0 Å². The third kappa shape index (κ3) is 5.18. The molecule has 1 fully saturated rings. The lowest BCUT2D eigenvalue weighted by Gasteiger charge is -2.11. The molecular formula is C19H15BrN2O3S2. The fourth-order valence-electron chi connectivity index (χ4n) is 2.37. The molecule has 1 saturated heterocycles. The summed E-state index contributed by atoms with van der Waals surface area (Å²) in [4.78, 5) is 24.6. The molecule has 5 nitrogen and oxygen atoms in total. The zero-order valence-electron chi connectivity index (χ0n) is 14.2. The predicted molar refractivity (Wildman–Crippen MR) is 116 cm³/mol. The van der Waals surface area contributed by atoms with E-state index < -0.39 is 0 Å². The quantitative estimate of drug-likeness (QED) is 0.513. The molecule has 27 heavy (non-hydrogen) atoms. The molecule has 3 rings (SSSR count). The van der Waals surface area contributed by atoms with E-state index in [1.54, 1.807) is 12.1 Å². The molecule has 0 saturated carbocycles. The molecule has 2 aromatic rings. The monoisotopic (exact) mass is 462 g/mol. The van der Waals surface area contributed by atoms with Gasteiger partial charge in [0.1, 0.15) is 10.1 Å². The molecule has 0 aliphatic carbocycles. The minimum Gasteiger partial charge on any atom is -0.483 e. The second kappa shape index (κ2) is 8.69. The number of hydrogen-bond acceptors (Lipinski definition) is 5. The van der Waals surface area contributed by atoms with Crippen LogP contribution in [0.4, 0.5) is 5.69 Å². The van der Waals surface area contributed by atoms with Crippen LogP contribution >= 0.6 is 39.9 Å². The van der Waals surface area contributed by atoms with E-state index >= 15 is 0 Å². The standard InChI is InChI=1S/C19H15BrN2O3S2/c1-11-4-2-3-5-14(11)21-17(23)10-25-15-7-6-13(20)8-12(15)9-16-18(24)22-19(26)27-16/h2-9H,10H2,1H3,(H,21,23)(H,22,24,26)/b16-9-. The van der Waals surface area contributed by atoms with Gasteiger partial charge in [0.15, 0.2) is 6.61 Å². The Morgan fingerprint density at radius 3 is 2.81 bits per heavy atom. The Balaban J connectivity index is 1.73. The summed E-state index contributed by atoms with van der Waals surface area (Å²) in [6.07, 6.45) is 1.69. The fourth-order valence-corrected chi connectivity index (χ4v) is 3.78. The first-order chi connectivity index (χ1) is 12.9. The molecular weight excluding hydrogens is 448 g/mol. The highest BCUT2D eigenvalue weighted by atomic mass is 79.9. The number of thiocarbonyl (C=S) groups is 1. The van der Waals surface area contributed by atoms with E-state index in [-0.39, 0.29) is 18.4 Å². The van der Waals surface area contributed by atoms with Crippen LogP contribution in [0.15, 0.2) is 51.8 Å². The third-order valence-corrected chi connectivity index (χ3v) is 5.33. The molecule has 1 aliphatic heterocycles. The molecule has 2 N–H and O–H groups in total. The first kappa shape index (κ1) is 19.6. The number of ether oxygens (including phenoxy) is 1. The van der Waals surface area contributed by atoms with Gasteiger partial charge in [0, 0.05) is 15.7 Å². The van der Waals surface area contributed by atoms with E-state index in [0.717, 1.165) is 15.7 Å². The van der Waals surface area contributed by atoms with Crippen molar-refractivity contribution in [3.8, 4) is 5.75 Å². The fraction of sp³-hybridized carbons (Fsp3) is 0.105. The van der Waals surface area contributed by atoms with Gasteiger partial charge in [0.05, 0.1) is 4.91 Å². The SMILES string of the molecule is Cc1ccccc1NC(=O)COc1ccc(Br)cc1/C=C1\SC(=S)NC1=O. The highest BCUT2D eigenvalue weighted by Crippen LogP contribution is 2.31. The van der Waals surface area contributed by atoms with Crippen LogP contribution in [0, 0.1) is 6.92 Å². The highest BCUT2D eigenvalue weighted by molar-refractivity contribution is 9.10. The summed E-state index contributed by atoms with van der Waals surface area (Å²) in [5, 5.41) is 5.40. The second-order valence-corrected chi connectivity index (χ2v) is 8.32. The number of thioether (sulfide) groups is 1. The van der Waals surface area contributed by atoms with Gasteiger partial charge in [-0.2, -0.15) is 0 Å². The van der Waals surface area contributed by atoms with Crippen molar-refractivity contribution < 1.29 is 14.3 Å². The van der Waals surface area contributed by atoms with Crippen molar-refractivity contribution in [1.29, 1.82) is 0 Å². The first-order valence-electron chi connectivity index (χ1n) is 7.95. The summed E-state index contributed by atoms with van der Waals surface area (Å²) in [5.74, 6) is -0.00921. The Morgan fingerprint density at radius 1 is 1.33 bits per heavy atom.